The van der Waals surface area contributed by atoms with Gasteiger partial charge in [0.15, 0.2) is 0 Å². The lowest BCUT2D eigenvalue weighted by Crippen LogP contribution is -2.27. The fraction of sp³-hybridized carbons (Fsp3) is 0.245. The normalized spacial score (nSPS) is 13.5. The summed E-state index contributed by atoms with van der Waals surface area (Å²) in [5, 5.41) is 5.33. The van der Waals surface area contributed by atoms with Crippen LogP contribution in [0.1, 0.15) is 69.0 Å². The molecule has 8 aromatic rings. The van der Waals surface area contributed by atoms with Crippen LogP contribution in [0.2, 0.25) is 0 Å². The Labute approximate surface area is 332 Å². The van der Waals surface area contributed by atoms with Crippen molar-refractivity contribution in [1.82, 2.24) is 4.57 Å². The number of nitrogens with zero attached hydrogens (tertiary/aromatic N) is 3. The molecule has 0 aliphatic heterocycles. The summed E-state index contributed by atoms with van der Waals surface area (Å²) < 4.78 is 2.65. The minimum absolute atomic E-state index is 0.592. The molecule has 0 spiro atoms. The van der Waals surface area contributed by atoms with Crippen LogP contribution in [0.3, 0.4) is 0 Å². The Balaban J connectivity index is 0.982. The molecule has 0 N–H and O–H groups in total. The molecule has 3 nitrogen and oxygen atoms in total. The molecular weight excluding hydrogens is 679 g/mol. The van der Waals surface area contributed by atoms with Gasteiger partial charge in [-0.05, 0) is 127 Å². The SMILES string of the molecule is CCCCN(CCc1ccc(N(c2ccc(C)cc2)c2ccc(-c3ccc4c(c3)c3ccccc3n4C3CCCCC3)cc2)cc1)c1ccc2ccccc2c1. The number of para-hydroxylation sites is 1. The van der Waals surface area contributed by atoms with E-state index in [1.807, 2.05) is 0 Å². The van der Waals surface area contributed by atoms with E-state index < -0.39 is 0 Å². The van der Waals surface area contributed by atoms with Gasteiger partial charge >= 0.3 is 0 Å². The molecule has 0 radical (unpaired) electrons. The zero-order valence-corrected chi connectivity index (χ0v) is 33.0. The van der Waals surface area contributed by atoms with E-state index >= 15 is 0 Å². The van der Waals surface area contributed by atoms with E-state index in [4.69, 9.17) is 0 Å². The van der Waals surface area contributed by atoms with Gasteiger partial charge in [-0.25, -0.2) is 0 Å². The van der Waals surface area contributed by atoms with E-state index in [1.165, 1.54) is 111 Å². The van der Waals surface area contributed by atoms with E-state index in [9.17, 15) is 0 Å². The number of hydrogen-bond acceptors (Lipinski definition) is 2. The zero-order valence-electron chi connectivity index (χ0n) is 33.0. The van der Waals surface area contributed by atoms with Crippen LogP contribution in [0, 0.1) is 6.92 Å². The molecule has 9 rings (SSSR count). The predicted octanol–water partition coefficient (Wildman–Crippen LogP) is 14.7. The summed E-state index contributed by atoms with van der Waals surface area (Å²) in [6.45, 7) is 6.50. The van der Waals surface area contributed by atoms with Crippen molar-refractivity contribution in [2.75, 3.05) is 22.9 Å². The molecule has 7 aromatic carbocycles. The van der Waals surface area contributed by atoms with Crippen LogP contribution < -0.4 is 9.80 Å². The van der Waals surface area contributed by atoms with Crippen molar-refractivity contribution in [2.45, 2.75) is 71.3 Å². The van der Waals surface area contributed by atoms with Crippen molar-refractivity contribution in [3.05, 3.63) is 169 Å². The first kappa shape index (κ1) is 35.9. The number of benzene rings is 7. The number of hydrogen-bond donors (Lipinski definition) is 0. The Kier molecular flexibility index (Phi) is 10.3. The number of unbranched alkanes of at least 4 members (excludes halogenated alkanes) is 1. The smallest absolute Gasteiger partial charge is 0.0494 e. The first-order valence-electron chi connectivity index (χ1n) is 21.0. The minimum Gasteiger partial charge on any atom is -0.371 e. The largest absolute Gasteiger partial charge is 0.371 e. The summed E-state index contributed by atoms with van der Waals surface area (Å²) in [4.78, 5) is 4.95. The number of anilines is 4. The first-order valence-corrected chi connectivity index (χ1v) is 21.0. The van der Waals surface area contributed by atoms with Crippen LogP contribution in [-0.4, -0.2) is 17.7 Å². The highest BCUT2D eigenvalue weighted by Gasteiger charge is 2.21. The molecule has 0 unspecified atom stereocenters. The molecule has 280 valence electrons. The third kappa shape index (κ3) is 7.31. The Hall–Kier alpha value is -5.80. The highest BCUT2D eigenvalue weighted by atomic mass is 15.1. The topological polar surface area (TPSA) is 11.4 Å². The monoisotopic (exact) mass is 731 g/mol. The van der Waals surface area contributed by atoms with Gasteiger partial charge in [-0.15, -0.1) is 0 Å². The molecule has 1 saturated carbocycles. The molecule has 1 fully saturated rings. The Morgan fingerprint density at radius 2 is 1.16 bits per heavy atom. The lowest BCUT2D eigenvalue weighted by molar-refractivity contribution is 0.367. The summed E-state index contributed by atoms with van der Waals surface area (Å²) in [6.07, 6.45) is 9.97. The van der Waals surface area contributed by atoms with Crippen molar-refractivity contribution in [3.63, 3.8) is 0 Å². The molecule has 0 saturated heterocycles. The lowest BCUT2D eigenvalue weighted by Gasteiger charge is -2.27. The average Bonchev–Trinajstić information content (AvgIpc) is 3.59. The molecule has 1 aromatic heterocycles. The zero-order chi connectivity index (χ0) is 37.8. The van der Waals surface area contributed by atoms with Crippen LogP contribution in [-0.2, 0) is 6.42 Å². The van der Waals surface area contributed by atoms with Crippen molar-refractivity contribution in [3.8, 4) is 11.1 Å². The maximum Gasteiger partial charge on any atom is 0.0494 e. The van der Waals surface area contributed by atoms with Crippen LogP contribution in [0.25, 0.3) is 43.7 Å². The van der Waals surface area contributed by atoms with Crippen LogP contribution in [0.15, 0.2) is 158 Å². The molecule has 0 amide bonds. The third-order valence-corrected chi connectivity index (χ3v) is 12.1. The molecule has 1 aliphatic rings. The maximum absolute atomic E-state index is 2.65. The van der Waals surface area contributed by atoms with Crippen LogP contribution in [0.4, 0.5) is 22.7 Å². The second kappa shape index (κ2) is 16.1. The highest BCUT2D eigenvalue weighted by molar-refractivity contribution is 6.09. The highest BCUT2D eigenvalue weighted by Crippen LogP contribution is 2.40. The molecule has 0 atom stereocenters. The van der Waals surface area contributed by atoms with Gasteiger partial charge in [0.25, 0.3) is 0 Å². The molecule has 1 heterocycles. The standard InChI is InChI=1S/C53H53N3/c1-3-4-35-54(49-32-24-41-12-8-9-13-43(41)37-49)36-34-40-20-28-47(29-21-40)55(46-26-18-39(2)19-27-46)48-30-22-42(23-31-48)44-25-33-53-51(38-44)50-16-10-11-17-52(50)56(53)45-14-6-5-7-15-45/h8-13,16-33,37-38,45H,3-7,14-15,34-36H2,1-2H3. The number of fused-ring (bicyclic) bond motifs is 4. The maximum atomic E-state index is 2.65. The third-order valence-electron chi connectivity index (χ3n) is 12.1. The summed E-state index contributed by atoms with van der Waals surface area (Å²) in [5.41, 5.74) is 12.7. The van der Waals surface area contributed by atoms with E-state index in [2.05, 4.69) is 186 Å². The summed E-state index contributed by atoms with van der Waals surface area (Å²) in [6, 6.07) is 59.6. The van der Waals surface area contributed by atoms with E-state index in [-0.39, 0.29) is 0 Å². The number of aryl methyl sites for hydroxylation is 1. The van der Waals surface area contributed by atoms with Crippen molar-refractivity contribution < 1.29 is 0 Å². The van der Waals surface area contributed by atoms with Gasteiger partial charge in [0.05, 0.1) is 0 Å². The second-order valence-corrected chi connectivity index (χ2v) is 15.9. The number of rotatable bonds is 12. The molecule has 0 bridgehead atoms. The van der Waals surface area contributed by atoms with Crippen LogP contribution >= 0.6 is 0 Å². The minimum atomic E-state index is 0.592. The van der Waals surface area contributed by atoms with E-state index in [1.54, 1.807) is 0 Å². The summed E-state index contributed by atoms with van der Waals surface area (Å²) >= 11 is 0. The van der Waals surface area contributed by atoms with Crippen molar-refractivity contribution in [1.29, 1.82) is 0 Å². The van der Waals surface area contributed by atoms with Gasteiger partial charge in [-0.1, -0.05) is 129 Å². The fourth-order valence-electron chi connectivity index (χ4n) is 9.03. The predicted molar refractivity (Wildman–Crippen MR) is 241 cm³/mol. The van der Waals surface area contributed by atoms with E-state index in [0.717, 1.165) is 30.9 Å². The van der Waals surface area contributed by atoms with Crippen LogP contribution in [0.5, 0.6) is 0 Å². The average molecular weight is 732 g/mol. The first-order chi connectivity index (χ1) is 27.6. The number of aromatic nitrogens is 1. The fourth-order valence-corrected chi connectivity index (χ4v) is 9.03. The van der Waals surface area contributed by atoms with Gasteiger partial charge in [0.2, 0.25) is 0 Å². The van der Waals surface area contributed by atoms with Gasteiger partial charge in [-0.2, -0.15) is 0 Å². The molecule has 56 heavy (non-hydrogen) atoms. The Bertz CT molecular complexity index is 2560. The lowest BCUT2D eigenvalue weighted by atomic mass is 9.95. The van der Waals surface area contributed by atoms with E-state index in [0.29, 0.717) is 6.04 Å². The van der Waals surface area contributed by atoms with Crippen molar-refractivity contribution >= 4 is 55.3 Å². The van der Waals surface area contributed by atoms with Gasteiger partial charge in [0.1, 0.15) is 0 Å². The molecule has 3 heteroatoms. The van der Waals surface area contributed by atoms with Crippen molar-refractivity contribution in [2.24, 2.45) is 0 Å². The van der Waals surface area contributed by atoms with Gasteiger partial charge < -0.3 is 14.4 Å². The molecule has 1 aliphatic carbocycles. The van der Waals surface area contributed by atoms with Gasteiger partial charge in [-0.3, -0.25) is 0 Å². The summed E-state index contributed by atoms with van der Waals surface area (Å²) in [5.74, 6) is 0. The second-order valence-electron chi connectivity index (χ2n) is 15.9. The van der Waals surface area contributed by atoms with Gasteiger partial charge in [0, 0.05) is 63.7 Å². The Morgan fingerprint density at radius 1 is 0.536 bits per heavy atom. The molecular formula is C53H53N3. The Morgan fingerprint density at radius 3 is 1.91 bits per heavy atom. The summed E-state index contributed by atoms with van der Waals surface area (Å²) in [7, 11) is 0. The quantitative estimate of drug-likeness (QED) is 0.124.